The summed E-state index contributed by atoms with van der Waals surface area (Å²) in [5.41, 5.74) is 1.60. The van der Waals surface area contributed by atoms with E-state index in [1.54, 1.807) is 24.5 Å². The maximum atomic E-state index is 14.5. The largest absolute Gasteiger partial charge is 0.486 e. The zero-order valence-corrected chi connectivity index (χ0v) is 17.4. The minimum absolute atomic E-state index is 0.0256. The Hall–Kier alpha value is -2.06. The highest BCUT2D eigenvalue weighted by Crippen LogP contribution is 2.30. The van der Waals surface area contributed by atoms with E-state index in [4.69, 9.17) is 27.9 Å². The van der Waals surface area contributed by atoms with Crippen LogP contribution in [0.2, 0.25) is 10.0 Å². The summed E-state index contributed by atoms with van der Waals surface area (Å²) in [7, 11) is -3.77. The van der Waals surface area contributed by atoms with E-state index < -0.39 is 21.9 Å². The Kier molecular flexibility index (Phi) is 5.57. The molecule has 1 aliphatic heterocycles. The van der Waals surface area contributed by atoms with Gasteiger partial charge in [-0.05, 0) is 53.9 Å². The van der Waals surface area contributed by atoms with Gasteiger partial charge in [-0.15, -0.1) is 0 Å². The molecule has 0 bridgehead atoms. The highest BCUT2D eigenvalue weighted by atomic mass is 35.5. The van der Waals surface area contributed by atoms with Gasteiger partial charge < -0.3 is 9.72 Å². The van der Waals surface area contributed by atoms with Crippen LogP contribution in [0, 0.1) is 5.82 Å². The van der Waals surface area contributed by atoms with E-state index in [1.807, 2.05) is 6.07 Å². The zero-order chi connectivity index (χ0) is 20.6. The number of hydrogen-bond donors (Lipinski definition) is 1. The van der Waals surface area contributed by atoms with Gasteiger partial charge in [-0.1, -0.05) is 29.3 Å². The van der Waals surface area contributed by atoms with E-state index in [1.165, 1.54) is 28.6 Å². The molecule has 2 aromatic carbocycles. The number of rotatable bonds is 5. The third-order valence-electron chi connectivity index (χ3n) is 4.74. The number of halogens is 3. The minimum atomic E-state index is -3.77. The predicted octanol–water partition coefficient (Wildman–Crippen LogP) is 4.97. The molecule has 1 saturated heterocycles. The molecule has 9 heteroatoms. The maximum Gasteiger partial charge on any atom is 0.243 e. The van der Waals surface area contributed by atoms with E-state index in [-0.39, 0.29) is 33.8 Å². The van der Waals surface area contributed by atoms with E-state index >= 15 is 0 Å². The van der Waals surface area contributed by atoms with Crippen molar-refractivity contribution in [3.63, 3.8) is 0 Å². The van der Waals surface area contributed by atoms with Crippen LogP contribution in [-0.4, -0.2) is 36.9 Å². The third-order valence-corrected chi connectivity index (χ3v) is 7.02. The molecule has 1 unspecified atom stereocenters. The van der Waals surface area contributed by atoms with Gasteiger partial charge in [0.25, 0.3) is 0 Å². The summed E-state index contributed by atoms with van der Waals surface area (Å²) in [6.07, 6.45) is 3.54. The van der Waals surface area contributed by atoms with E-state index in [2.05, 4.69) is 4.98 Å². The van der Waals surface area contributed by atoms with Gasteiger partial charge in [0.15, 0.2) is 11.6 Å². The minimum Gasteiger partial charge on any atom is -0.486 e. The lowest BCUT2D eigenvalue weighted by Crippen LogP contribution is -2.31. The summed E-state index contributed by atoms with van der Waals surface area (Å²) < 4.78 is 47.2. The fourth-order valence-electron chi connectivity index (χ4n) is 3.30. The molecule has 3 aromatic rings. The molecule has 5 nitrogen and oxygen atoms in total. The second kappa shape index (κ2) is 7.99. The van der Waals surface area contributed by atoms with Gasteiger partial charge in [-0.3, -0.25) is 0 Å². The van der Waals surface area contributed by atoms with Gasteiger partial charge in [-0.25, -0.2) is 12.8 Å². The molecule has 0 aliphatic carbocycles. The molecule has 1 fully saturated rings. The Balaban J connectivity index is 1.47. The summed E-state index contributed by atoms with van der Waals surface area (Å²) in [5, 5.41) is 0.486. The predicted molar refractivity (Wildman–Crippen MR) is 110 cm³/mol. The number of benzene rings is 2. The Morgan fingerprint density at radius 3 is 2.48 bits per heavy atom. The third kappa shape index (κ3) is 4.28. The molecule has 1 atom stereocenters. The van der Waals surface area contributed by atoms with Crippen LogP contribution in [0.15, 0.2) is 59.8 Å². The smallest absolute Gasteiger partial charge is 0.243 e. The van der Waals surface area contributed by atoms with Crippen molar-refractivity contribution in [2.45, 2.75) is 17.4 Å². The maximum absolute atomic E-state index is 14.5. The molecule has 1 aromatic heterocycles. The van der Waals surface area contributed by atoms with Crippen molar-refractivity contribution in [3.05, 3.63) is 70.7 Å². The van der Waals surface area contributed by atoms with Crippen molar-refractivity contribution in [2.75, 3.05) is 13.1 Å². The molecule has 0 saturated carbocycles. The van der Waals surface area contributed by atoms with Crippen LogP contribution in [0.25, 0.3) is 11.1 Å². The number of hydrogen-bond acceptors (Lipinski definition) is 3. The molecule has 4 rings (SSSR count). The average molecular weight is 455 g/mol. The van der Waals surface area contributed by atoms with E-state index in [0.717, 1.165) is 11.1 Å². The summed E-state index contributed by atoms with van der Waals surface area (Å²) >= 11 is 11.9. The van der Waals surface area contributed by atoms with Crippen molar-refractivity contribution in [2.24, 2.45) is 0 Å². The molecule has 1 N–H and O–H groups in total. The van der Waals surface area contributed by atoms with Gasteiger partial charge in [0.1, 0.15) is 6.10 Å². The summed E-state index contributed by atoms with van der Waals surface area (Å²) in [4.78, 5) is 2.95. The number of aromatic nitrogens is 1. The van der Waals surface area contributed by atoms with E-state index in [0.29, 0.717) is 6.42 Å². The van der Waals surface area contributed by atoms with Crippen LogP contribution in [0.5, 0.6) is 5.75 Å². The van der Waals surface area contributed by atoms with Crippen LogP contribution in [0.4, 0.5) is 4.39 Å². The van der Waals surface area contributed by atoms with Crippen LogP contribution in [0.3, 0.4) is 0 Å². The van der Waals surface area contributed by atoms with Crippen molar-refractivity contribution in [1.82, 2.24) is 9.29 Å². The number of nitrogens with zero attached hydrogens (tertiary/aromatic N) is 1. The van der Waals surface area contributed by atoms with Crippen molar-refractivity contribution in [3.8, 4) is 16.9 Å². The van der Waals surface area contributed by atoms with Crippen LogP contribution < -0.4 is 4.74 Å². The normalized spacial score (nSPS) is 17.6. The second-order valence-corrected chi connectivity index (χ2v) is 9.55. The highest BCUT2D eigenvalue weighted by molar-refractivity contribution is 7.89. The van der Waals surface area contributed by atoms with Gasteiger partial charge in [0.2, 0.25) is 10.0 Å². The number of H-pyrrole nitrogens is 1. The molecule has 0 spiro atoms. The fraction of sp³-hybridized carbons (Fsp3) is 0.200. The average Bonchev–Trinajstić information content (AvgIpc) is 3.35. The first kappa shape index (κ1) is 20.2. The fourth-order valence-corrected chi connectivity index (χ4v) is 5.51. The van der Waals surface area contributed by atoms with Crippen molar-refractivity contribution < 1.29 is 17.5 Å². The number of ether oxygens (including phenoxy) is 1. The topological polar surface area (TPSA) is 62.4 Å². The lowest BCUT2D eigenvalue weighted by atomic mass is 10.1. The lowest BCUT2D eigenvalue weighted by molar-refractivity contribution is 0.206. The Bertz CT molecular complexity index is 1120. The lowest BCUT2D eigenvalue weighted by Gasteiger charge is -2.18. The van der Waals surface area contributed by atoms with Gasteiger partial charge >= 0.3 is 0 Å². The zero-order valence-electron chi connectivity index (χ0n) is 15.1. The van der Waals surface area contributed by atoms with Crippen molar-refractivity contribution >= 4 is 33.2 Å². The second-order valence-electron chi connectivity index (χ2n) is 6.74. The quantitative estimate of drug-likeness (QED) is 0.591. The molecule has 2 heterocycles. The highest BCUT2D eigenvalue weighted by Gasteiger charge is 2.34. The van der Waals surface area contributed by atoms with Crippen molar-refractivity contribution in [1.29, 1.82) is 0 Å². The molecule has 29 heavy (non-hydrogen) atoms. The Morgan fingerprint density at radius 2 is 1.83 bits per heavy atom. The van der Waals surface area contributed by atoms with Crippen LogP contribution in [0.1, 0.15) is 6.42 Å². The SMILES string of the molecule is O=S(=O)(c1cc(Cl)cc(Cl)c1)N1CCC(Oc2ccc(-c3cc[nH]c3)cc2F)C1. The van der Waals surface area contributed by atoms with E-state index in [9.17, 15) is 12.8 Å². The Labute approximate surface area is 178 Å². The van der Waals surface area contributed by atoms with Gasteiger partial charge in [0, 0.05) is 29.0 Å². The molecular formula is C20H17Cl2FN2O3S. The summed E-state index contributed by atoms with van der Waals surface area (Å²) in [6, 6.07) is 10.8. The number of sulfonamides is 1. The number of nitrogens with one attached hydrogen (secondary N) is 1. The summed E-state index contributed by atoms with van der Waals surface area (Å²) in [6.45, 7) is 0.381. The molecule has 1 aliphatic rings. The van der Waals surface area contributed by atoms with Gasteiger partial charge in [0.05, 0.1) is 11.4 Å². The molecule has 0 amide bonds. The number of aromatic amines is 1. The van der Waals surface area contributed by atoms with Crippen LogP contribution >= 0.6 is 23.2 Å². The standard InChI is InChI=1S/C20H17Cl2FN2O3S/c21-15-8-16(22)10-18(9-15)29(26,27)25-6-4-17(12-25)28-20-2-1-13(7-19(20)23)14-3-5-24-11-14/h1-3,5,7-11,17,24H,4,6,12H2. The first-order valence-electron chi connectivity index (χ1n) is 8.88. The first-order chi connectivity index (χ1) is 13.8. The van der Waals surface area contributed by atoms with Crippen LogP contribution in [-0.2, 0) is 10.0 Å². The summed E-state index contributed by atoms with van der Waals surface area (Å²) in [5.74, 6) is -0.397. The molecule has 152 valence electrons. The Morgan fingerprint density at radius 1 is 1.07 bits per heavy atom. The monoisotopic (exact) mass is 454 g/mol. The van der Waals surface area contributed by atoms with Gasteiger partial charge in [-0.2, -0.15) is 4.31 Å². The molecular weight excluding hydrogens is 438 g/mol. The first-order valence-corrected chi connectivity index (χ1v) is 11.1. The molecule has 0 radical (unpaired) electrons.